The number of nitrogens with one attached hydrogen (secondary N) is 2. The minimum Gasteiger partial charge on any atom is -0.355 e. The van der Waals surface area contributed by atoms with E-state index in [1.807, 2.05) is 0 Å². The first-order chi connectivity index (χ1) is 7.33. The van der Waals surface area contributed by atoms with Crippen LogP contribution in [0.3, 0.4) is 0 Å². The van der Waals surface area contributed by atoms with E-state index >= 15 is 0 Å². The van der Waals surface area contributed by atoms with E-state index in [2.05, 4.69) is 10.6 Å². The first-order valence-electron chi connectivity index (χ1n) is 4.69. The summed E-state index contributed by atoms with van der Waals surface area (Å²) in [7, 11) is -2.45. The van der Waals surface area contributed by atoms with E-state index in [0.29, 0.717) is 12.3 Å². The molecule has 0 atom stereocenters. The molecule has 0 radical (unpaired) electrons. The lowest BCUT2D eigenvalue weighted by atomic mass is 10.6. The van der Waals surface area contributed by atoms with Crippen LogP contribution in [0.1, 0.15) is 13.8 Å². The van der Waals surface area contributed by atoms with Crippen LogP contribution in [-0.4, -0.2) is 44.8 Å². The Bertz CT molecular complexity index is 340. The molecule has 8 heteroatoms. The maximum absolute atomic E-state index is 11.4. The minimum atomic E-state index is -3.22. The molecule has 0 aliphatic heterocycles. The fourth-order valence-electron chi connectivity index (χ4n) is 0.807. The van der Waals surface area contributed by atoms with E-state index in [-0.39, 0.29) is 24.1 Å². The van der Waals surface area contributed by atoms with Crippen molar-refractivity contribution in [1.82, 2.24) is 10.6 Å². The highest BCUT2D eigenvalue weighted by molar-refractivity contribution is 8.72. The molecule has 0 aliphatic rings. The Labute approximate surface area is 98.9 Å². The molecule has 0 aromatic rings. The van der Waals surface area contributed by atoms with Crippen LogP contribution in [0.2, 0.25) is 0 Å². The molecule has 0 aromatic carbocycles. The molecule has 0 heterocycles. The molecule has 0 saturated heterocycles. The first-order valence-corrected chi connectivity index (χ1v) is 7.85. The van der Waals surface area contributed by atoms with Gasteiger partial charge in [0, 0.05) is 32.7 Å². The van der Waals surface area contributed by atoms with Gasteiger partial charge in [-0.05, 0) is 10.8 Å². The Balaban J connectivity index is 3.70. The van der Waals surface area contributed by atoms with Gasteiger partial charge in [-0.1, -0.05) is 0 Å². The Morgan fingerprint density at radius 3 is 2.06 bits per heavy atom. The second-order valence-electron chi connectivity index (χ2n) is 3.05. The zero-order valence-electron chi connectivity index (χ0n) is 9.28. The minimum absolute atomic E-state index is 0.0999. The van der Waals surface area contributed by atoms with Gasteiger partial charge in [0.25, 0.3) is 0 Å². The van der Waals surface area contributed by atoms with Gasteiger partial charge in [0.1, 0.15) is 0 Å². The van der Waals surface area contributed by atoms with Gasteiger partial charge < -0.3 is 10.6 Å². The summed E-state index contributed by atoms with van der Waals surface area (Å²) < 4.78 is 22.7. The fourth-order valence-corrected chi connectivity index (χ4v) is 3.33. The van der Waals surface area contributed by atoms with Crippen LogP contribution in [0.15, 0.2) is 0 Å². The van der Waals surface area contributed by atoms with Crippen LogP contribution in [-0.2, 0) is 18.5 Å². The molecule has 0 saturated carbocycles. The van der Waals surface area contributed by atoms with Crippen molar-refractivity contribution < 1.29 is 18.0 Å². The third-order valence-electron chi connectivity index (χ3n) is 1.46. The summed E-state index contributed by atoms with van der Waals surface area (Å²) >= 11 is 0. The lowest BCUT2D eigenvalue weighted by Gasteiger charge is -2.04. The molecule has 2 amide bonds. The van der Waals surface area contributed by atoms with Gasteiger partial charge in [0.15, 0.2) is 0 Å². The maximum Gasteiger partial charge on any atom is 0.216 e. The largest absolute Gasteiger partial charge is 0.355 e. The molecular formula is C8H16N2O4S2. The van der Waals surface area contributed by atoms with E-state index < -0.39 is 8.87 Å². The van der Waals surface area contributed by atoms with Crippen molar-refractivity contribution in [3.8, 4) is 0 Å². The highest BCUT2D eigenvalue weighted by atomic mass is 33.1. The zero-order valence-corrected chi connectivity index (χ0v) is 10.9. The van der Waals surface area contributed by atoms with Gasteiger partial charge in [-0.2, -0.15) is 0 Å². The molecule has 94 valence electrons. The molecule has 0 fully saturated rings. The van der Waals surface area contributed by atoms with Gasteiger partial charge in [-0.15, -0.1) is 0 Å². The fraction of sp³-hybridized carbons (Fsp3) is 0.750. The van der Waals surface area contributed by atoms with Crippen LogP contribution in [0.5, 0.6) is 0 Å². The molecule has 6 nitrogen and oxygen atoms in total. The van der Waals surface area contributed by atoms with Crippen molar-refractivity contribution in [2.45, 2.75) is 13.8 Å². The van der Waals surface area contributed by atoms with Crippen LogP contribution in [0.25, 0.3) is 0 Å². The molecule has 2 N–H and O–H groups in total. The normalized spacial score (nSPS) is 10.9. The number of carbonyl (C=O) groups excluding carboxylic acids is 2. The summed E-state index contributed by atoms with van der Waals surface area (Å²) in [4.78, 5) is 21.0. The summed E-state index contributed by atoms with van der Waals surface area (Å²) in [5.74, 6) is -0.228. The van der Waals surface area contributed by atoms with Crippen molar-refractivity contribution in [3.63, 3.8) is 0 Å². The molecule has 0 aromatic heterocycles. The SMILES string of the molecule is CC(=O)NCCSS(=O)(=O)CCNC(C)=O. The Morgan fingerprint density at radius 1 is 1.06 bits per heavy atom. The molecule has 16 heavy (non-hydrogen) atoms. The molecule has 0 spiro atoms. The second-order valence-corrected chi connectivity index (χ2v) is 7.45. The summed E-state index contributed by atoms with van der Waals surface area (Å²) in [6, 6.07) is 0. The number of rotatable bonds is 7. The highest BCUT2D eigenvalue weighted by Crippen LogP contribution is 2.11. The number of hydrogen-bond acceptors (Lipinski definition) is 5. The van der Waals surface area contributed by atoms with Crippen molar-refractivity contribution in [2.24, 2.45) is 0 Å². The second kappa shape index (κ2) is 7.50. The lowest BCUT2D eigenvalue weighted by molar-refractivity contribution is -0.119. The number of hydrogen-bond donors (Lipinski definition) is 2. The Morgan fingerprint density at radius 2 is 1.56 bits per heavy atom. The van der Waals surface area contributed by atoms with Crippen molar-refractivity contribution in [1.29, 1.82) is 0 Å². The van der Waals surface area contributed by atoms with E-state index in [4.69, 9.17) is 0 Å². The number of amides is 2. The van der Waals surface area contributed by atoms with E-state index in [0.717, 1.165) is 10.8 Å². The van der Waals surface area contributed by atoms with Gasteiger partial charge in [0.2, 0.25) is 20.7 Å². The molecular weight excluding hydrogens is 252 g/mol. The summed E-state index contributed by atoms with van der Waals surface area (Å²) in [5, 5.41) is 4.91. The lowest BCUT2D eigenvalue weighted by Crippen LogP contribution is -2.27. The molecule has 0 rings (SSSR count). The molecule has 0 unspecified atom stereocenters. The van der Waals surface area contributed by atoms with Crippen LogP contribution >= 0.6 is 10.8 Å². The van der Waals surface area contributed by atoms with Gasteiger partial charge in [-0.25, -0.2) is 8.42 Å². The smallest absolute Gasteiger partial charge is 0.216 e. The zero-order chi connectivity index (χ0) is 12.6. The number of carbonyl (C=O) groups is 2. The monoisotopic (exact) mass is 268 g/mol. The van der Waals surface area contributed by atoms with Crippen molar-refractivity contribution in [2.75, 3.05) is 24.6 Å². The quantitative estimate of drug-likeness (QED) is 0.471. The highest BCUT2D eigenvalue weighted by Gasteiger charge is 2.11. The van der Waals surface area contributed by atoms with Crippen LogP contribution in [0, 0.1) is 0 Å². The predicted molar refractivity (Wildman–Crippen MR) is 63.6 cm³/mol. The van der Waals surface area contributed by atoms with Crippen LogP contribution in [0.4, 0.5) is 0 Å². The maximum atomic E-state index is 11.4. The van der Waals surface area contributed by atoms with Crippen LogP contribution < -0.4 is 10.6 Å². The summed E-state index contributed by atoms with van der Waals surface area (Å²) in [6.45, 7) is 3.14. The average Bonchev–Trinajstić information content (AvgIpc) is 2.11. The predicted octanol–water partition coefficient (Wildman–Crippen LogP) is -0.678. The standard InChI is InChI=1S/C8H16N2O4S2/c1-7(11)9-3-5-15-16(13,14)6-4-10-8(2)12/h3-6H2,1-2H3,(H,9,11)(H,10,12). The molecule has 0 bridgehead atoms. The first kappa shape index (κ1) is 15.2. The van der Waals surface area contributed by atoms with Crippen molar-refractivity contribution in [3.05, 3.63) is 0 Å². The van der Waals surface area contributed by atoms with E-state index in [1.165, 1.54) is 13.8 Å². The average molecular weight is 268 g/mol. The topological polar surface area (TPSA) is 92.3 Å². The van der Waals surface area contributed by atoms with E-state index in [9.17, 15) is 18.0 Å². The Hall–Kier alpha value is -0.760. The van der Waals surface area contributed by atoms with E-state index in [1.54, 1.807) is 0 Å². The van der Waals surface area contributed by atoms with Gasteiger partial charge >= 0.3 is 0 Å². The molecule has 0 aliphatic carbocycles. The summed E-state index contributed by atoms with van der Waals surface area (Å²) in [5.41, 5.74) is 0. The Kier molecular flexibility index (Phi) is 7.15. The third-order valence-corrected chi connectivity index (χ3v) is 4.98. The summed E-state index contributed by atoms with van der Waals surface area (Å²) in [6.07, 6.45) is 0. The van der Waals surface area contributed by atoms with Crippen molar-refractivity contribution >= 4 is 31.5 Å². The third kappa shape index (κ3) is 9.78. The van der Waals surface area contributed by atoms with Gasteiger partial charge in [0.05, 0.1) is 5.75 Å². The van der Waals surface area contributed by atoms with Gasteiger partial charge in [-0.3, -0.25) is 9.59 Å².